The van der Waals surface area contributed by atoms with Crippen molar-refractivity contribution in [2.75, 3.05) is 26.8 Å². The number of aromatic nitrogens is 3. The first kappa shape index (κ1) is 18.7. The Labute approximate surface area is 142 Å². The summed E-state index contributed by atoms with van der Waals surface area (Å²) in [5.74, 6) is 0. The van der Waals surface area contributed by atoms with Crippen LogP contribution in [0.3, 0.4) is 0 Å². The monoisotopic (exact) mass is 340 g/mol. The number of rotatable bonds is 5. The molecule has 8 heteroatoms. The Hall–Kier alpha value is -1.67. The van der Waals surface area contributed by atoms with Crippen LogP contribution in [0.4, 0.5) is 4.79 Å². The summed E-state index contributed by atoms with van der Waals surface area (Å²) < 4.78 is 12.1. The molecule has 1 saturated heterocycles. The van der Waals surface area contributed by atoms with E-state index in [4.69, 9.17) is 9.47 Å². The van der Waals surface area contributed by atoms with E-state index in [2.05, 4.69) is 10.3 Å². The predicted molar refractivity (Wildman–Crippen MR) is 87.7 cm³/mol. The second-order valence-corrected chi connectivity index (χ2v) is 7.20. The minimum atomic E-state index is -0.575. The van der Waals surface area contributed by atoms with Crippen molar-refractivity contribution in [3.8, 4) is 0 Å². The van der Waals surface area contributed by atoms with Gasteiger partial charge in [0.1, 0.15) is 5.60 Å². The van der Waals surface area contributed by atoms with Crippen molar-refractivity contribution in [1.82, 2.24) is 19.9 Å². The molecule has 0 bridgehead atoms. The van der Waals surface area contributed by atoms with Gasteiger partial charge in [0.05, 0.1) is 24.4 Å². The van der Waals surface area contributed by atoms with Crippen LogP contribution in [-0.4, -0.2) is 69.6 Å². The highest BCUT2D eigenvalue weighted by Crippen LogP contribution is 2.23. The Kier molecular flexibility index (Phi) is 6.17. The summed E-state index contributed by atoms with van der Waals surface area (Å²) in [6.45, 7) is 7.16. The van der Waals surface area contributed by atoms with Crippen LogP contribution in [0.25, 0.3) is 0 Å². The SMILES string of the molecule is COC[C@@H](O)Cc1cn(C2CCN(C(=O)OC(C)(C)C)CC2)nn1. The molecule has 0 aromatic carbocycles. The number of carbonyl (C=O) groups excluding carboxylic acids is 1. The van der Waals surface area contributed by atoms with E-state index in [0.29, 0.717) is 19.5 Å². The summed E-state index contributed by atoms with van der Waals surface area (Å²) in [6.07, 6.45) is 3.07. The van der Waals surface area contributed by atoms with E-state index in [1.807, 2.05) is 31.6 Å². The summed E-state index contributed by atoms with van der Waals surface area (Å²) in [6, 6.07) is 0.213. The lowest BCUT2D eigenvalue weighted by atomic mass is 10.1. The maximum absolute atomic E-state index is 12.1. The molecule has 0 saturated carbocycles. The van der Waals surface area contributed by atoms with Crippen molar-refractivity contribution in [3.05, 3.63) is 11.9 Å². The summed E-state index contributed by atoms with van der Waals surface area (Å²) in [5.41, 5.74) is 0.270. The molecule has 1 aliphatic heterocycles. The minimum absolute atomic E-state index is 0.213. The number of methoxy groups -OCH3 is 1. The zero-order valence-corrected chi connectivity index (χ0v) is 14.9. The molecule has 1 amide bonds. The molecule has 1 aromatic rings. The first-order chi connectivity index (χ1) is 11.3. The fourth-order valence-electron chi connectivity index (χ4n) is 2.72. The number of nitrogens with zero attached hydrogens (tertiary/aromatic N) is 4. The molecule has 1 fully saturated rings. The van der Waals surface area contributed by atoms with E-state index in [9.17, 15) is 9.90 Å². The summed E-state index contributed by atoms with van der Waals surface area (Å²) in [5, 5.41) is 18.0. The quantitative estimate of drug-likeness (QED) is 0.871. The van der Waals surface area contributed by atoms with E-state index in [-0.39, 0.29) is 18.7 Å². The van der Waals surface area contributed by atoms with Gasteiger partial charge in [-0.3, -0.25) is 0 Å². The van der Waals surface area contributed by atoms with Crippen LogP contribution in [0.15, 0.2) is 6.20 Å². The van der Waals surface area contributed by atoms with Crippen molar-refractivity contribution in [3.63, 3.8) is 0 Å². The van der Waals surface area contributed by atoms with Gasteiger partial charge in [-0.15, -0.1) is 5.10 Å². The maximum atomic E-state index is 12.1. The number of aliphatic hydroxyl groups is 1. The topological polar surface area (TPSA) is 89.7 Å². The molecular weight excluding hydrogens is 312 g/mol. The summed E-state index contributed by atoms with van der Waals surface area (Å²) in [4.78, 5) is 13.8. The molecule has 0 spiro atoms. The highest BCUT2D eigenvalue weighted by molar-refractivity contribution is 5.68. The molecule has 8 nitrogen and oxygen atoms in total. The highest BCUT2D eigenvalue weighted by atomic mass is 16.6. The van der Waals surface area contributed by atoms with Gasteiger partial charge in [-0.05, 0) is 33.6 Å². The lowest BCUT2D eigenvalue weighted by Crippen LogP contribution is -2.42. The van der Waals surface area contributed by atoms with Gasteiger partial charge in [-0.2, -0.15) is 0 Å². The fraction of sp³-hybridized carbons (Fsp3) is 0.812. The standard InChI is InChI=1S/C16H28N4O4/c1-16(2,3)24-15(22)19-7-5-13(6-8-19)20-10-12(17-18-20)9-14(21)11-23-4/h10,13-14,21H,5-9,11H2,1-4H3/t14-/m0/s1. The normalized spacial score (nSPS) is 17.8. The molecule has 0 radical (unpaired) electrons. The third kappa shape index (κ3) is 5.45. The Balaban J connectivity index is 1.84. The van der Waals surface area contributed by atoms with Crippen molar-refractivity contribution < 1.29 is 19.4 Å². The van der Waals surface area contributed by atoms with Crippen LogP contribution in [0.1, 0.15) is 45.3 Å². The number of hydrogen-bond donors (Lipinski definition) is 1. The van der Waals surface area contributed by atoms with Crippen LogP contribution in [0.2, 0.25) is 0 Å². The molecule has 2 rings (SSSR count). The number of ether oxygens (including phenoxy) is 2. The molecular formula is C16H28N4O4. The number of amides is 1. The minimum Gasteiger partial charge on any atom is -0.444 e. The second kappa shape index (κ2) is 7.94. The van der Waals surface area contributed by atoms with Crippen LogP contribution in [0, 0.1) is 0 Å². The molecule has 1 aromatic heterocycles. The van der Waals surface area contributed by atoms with E-state index < -0.39 is 11.7 Å². The Morgan fingerprint density at radius 2 is 2.08 bits per heavy atom. The largest absolute Gasteiger partial charge is 0.444 e. The third-order valence-electron chi connectivity index (χ3n) is 3.85. The summed E-state index contributed by atoms with van der Waals surface area (Å²) in [7, 11) is 1.55. The molecule has 1 aliphatic rings. The number of piperidine rings is 1. The van der Waals surface area contributed by atoms with Gasteiger partial charge in [0, 0.05) is 32.8 Å². The van der Waals surface area contributed by atoms with Crippen molar-refractivity contribution in [1.29, 1.82) is 0 Å². The molecule has 0 unspecified atom stereocenters. The van der Waals surface area contributed by atoms with E-state index in [1.165, 1.54) is 0 Å². The van der Waals surface area contributed by atoms with Crippen LogP contribution >= 0.6 is 0 Å². The lowest BCUT2D eigenvalue weighted by Gasteiger charge is -2.33. The zero-order valence-electron chi connectivity index (χ0n) is 14.9. The van der Waals surface area contributed by atoms with Gasteiger partial charge in [0.2, 0.25) is 0 Å². The van der Waals surface area contributed by atoms with Crippen molar-refractivity contribution >= 4 is 6.09 Å². The predicted octanol–water partition coefficient (Wildman–Crippen LogP) is 1.40. The van der Waals surface area contributed by atoms with E-state index in [0.717, 1.165) is 18.5 Å². The Morgan fingerprint density at radius 1 is 1.42 bits per heavy atom. The molecule has 1 N–H and O–H groups in total. The first-order valence-corrected chi connectivity index (χ1v) is 8.34. The average Bonchev–Trinajstić information content (AvgIpc) is 2.94. The molecule has 0 aliphatic carbocycles. The smallest absolute Gasteiger partial charge is 0.410 e. The van der Waals surface area contributed by atoms with Crippen molar-refractivity contribution in [2.45, 2.75) is 57.8 Å². The molecule has 1 atom stereocenters. The van der Waals surface area contributed by atoms with E-state index in [1.54, 1.807) is 12.0 Å². The zero-order chi connectivity index (χ0) is 17.7. The average molecular weight is 340 g/mol. The van der Waals surface area contributed by atoms with Gasteiger partial charge in [0.25, 0.3) is 0 Å². The van der Waals surface area contributed by atoms with Crippen LogP contribution in [0.5, 0.6) is 0 Å². The second-order valence-electron chi connectivity index (χ2n) is 7.20. The Morgan fingerprint density at radius 3 is 2.67 bits per heavy atom. The van der Waals surface area contributed by atoms with Gasteiger partial charge in [-0.25, -0.2) is 9.48 Å². The van der Waals surface area contributed by atoms with Crippen LogP contribution < -0.4 is 0 Å². The van der Waals surface area contributed by atoms with Crippen molar-refractivity contribution in [2.24, 2.45) is 0 Å². The lowest BCUT2D eigenvalue weighted by molar-refractivity contribution is 0.0184. The first-order valence-electron chi connectivity index (χ1n) is 8.34. The summed E-state index contributed by atoms with van der Waals surface area (Å²) >= 11 is 0. The molecule has 2 heterocycles. The Bertz CT molecular complexity index is 532. The number of likely N-dealkylation sites (tertiary alicyclic amines) is 1. The van der Waals surface area contributed by atoms with Gasteiger partial charge in [-0.1, -0.05) is 5.21 Å². The van der Waals surface area contributed by atoms with Gasteiger partial charge < -0.3 is 19.5 Å². The van der Waals surface area contributed by atoms with Gasteiger partial charge in [0.15, 0.2) is 0 Å². The molecule has 136 valence electrons. The third-order valence-corrected chi connectivity index (χ3v) is 3.85. The molecule has 24 heavy (non-hydrogen) atoms. The highest BCUT2D eigenvalue weighted by Gasteiger charge is 2.28. The maximum Gasteiger partial charge on any atom is 0.410 e. The van der Waals surface area contributed by atoms with E-state index >= 15 is 0 Å². The number of hydrogen-bond acceptors (Lipinski definition) is 6. The fourth-order valence-corrected chi connectivity index (χ4v) is 2.72. The van der Waals surface area contributed by atoms with Crippen LogP contribution in [-0.2, 0) is 15.9 Å². The number of aliphatic hydroxyl groups excluding tert-OH is 1. The van der Waals surface area contributed by atoms with Gasteiger partial charge >= 0.3 is 6.09 Å². The number of carbonyl (C=O) groups is 1.